The Hall–Kier alpha value is -2.89. The number of carbonyl (C=O) groups is 1. The molecule has 0 aliphatic carbocycles. The third-order valence-electron chi connectivity index (χ3n) is 3.80. The monoisotopic (exact) mass is 311 g/mol. The molecule has 23 heavy (non-hydrogen) atoms. The molecule has 1 aromatic heterocycles. The number of anilines is 1. The summed E-state index contributed by atoms with van der Waals surface area (Å²) in [5.41, 5.74) is 3.10. The highest BCUT2D eigenvalue weighted by atomic mass is 16.5. The summed E-state index contributed by atoms with van der Waals surface area (Å²) in [6.45, 7) is 0.0834. The Morgan fingerprint density at radius 2 is 1.91 bits per heavy atom. The molecule has 0 fully saturated rings. The van der Waals surface area contributed by atoms with Crippen LogP contribution in [0.25, 0.3) is 0 Å². The summed E-state index contributed by atoms with van der Waals surface area (Å²) in [6, 6.07) is 7.40. The average Bonchev–Trinajstić information content (AvgIpc) is 2.72. The topological polar surface area (TPSA) is 64.0 Å². The van der Waals surface area contributed by atoms with E-state index in [1.165, 1.54) is 0 Å². The molecule has 0 radical (unpaired) electrons. The van der Waals surface area contributed by atoms with Gasteiger partial charge in [-0.3, -0.25) is 14.8 Å². The van der Waals surface area contributed by atoms with Gasteiger partial charge in [-0.05, 0) is 18.2 Å². The molecule has 0 unspecified atom stereocenters. The molecule has 1 aromatic carbocycles. The molecule has 2 heterocycles. The Morgan fingerprint density at radius 3 is 2.57 bits per heavy atom. The van der Waals surface area contributed by atoms with E-state index >= 15 is 0 Å². The number of ether oxygens (including phenoxy) is 2. The molecule has 0 saturated carbocycles. The van der Waals surface area contributed by atoms with Crippen LogP contribution in [0.5, 0.6) is 11.5 Å². The van der Waals surface area contributed by atoms with Crippen LogP contribution in [0, 0.1) is 0 Å². The quantitative estimate of drug-likeness (QED) is 0.868. The van der Waals surface area contributed by atoms with Crippen molar-refractivity contribution in [3.05, 3.63) is 47.8 Å². The molecule has 6 heteroatoms. The number of methoxy groups -OCH3 is 2. The van der Waals surface area contributed by atoms with Gasteiger partial charge in [0.1, 0.15) is 6.54 Å². The van der Waals surface area contributed by atoms with Crippen LogP contribution in [0.4, 0.5) is 5.69 Å². The van der Waals surface area contributed by atoms with Gasteiger partial charge in [-0.1, -0.05) is 0 Å². The highest BCUT2D eigenvalue weighted by molar-refractivity contribution is 6.19. The van der Waals surface area contributed by atoms with Crippen molar-refractivity contribution in [2.24, 2.45) is 4.99 Å². The first kappa shape index (κ1) is 15.0. The van der Waals surface area contributed by atoms with Crippen molar-refractivity contribution in [3.63, 3.8) is 0 Å². The minimum Gasteiger partial charge on any atom is -0.493 e. The first-order valence-electron chi connectivity index (χ1n) is 7.13. The SMILES string of the molecule is COc1cc2c(cc1OC)N(C)C(=O)CN=C2c1cccnc1. The first-order chi connectivity index (χ1) is 11.2. The van der Waals surface area contributed by atoms with E-state index in [4.69, 9.17) is 9.47 Å². The second-order valence-electron chi connectivity index (χ2n) is 5.08. The zero-order valence-electron chi connectivity index (χ0n) is 13.2. The summed E-state index contributed by atoms with van der Waals surface area (Å²) in [6.07, 6.45) is 3.43. The number of likely N-dealkylation sites (N-methyl/N-ethyl adjacent to an activating group) is 1. The molecule has 0 bridgehead atoms. The Balaban J connectivity index is 2.25. The van der Waals surface area contributed by atoms with Gasteiger partial charge in [0, 0.05) is 36.6 Å². The molecule has 0 atom stereocenters. The molecule has 1 amide bonds. The number of carbonyl (C=O) groups excluding carboxylic acids is 1. The van der Waals surface area contributed by atoms with Gasteiger partial charge in [-0.25, -0.2) is 0 Å². The van der Waals surface area contributed by atoms with Gasteiger partial charge < -0.3 is 14.4 Å². The van der Waals surface area contributed by atoms with Gasteiger partial charge in [0.15, 0.2) is 11.5 Å². The third-order valence-corrected chi connectivity index (χ3v) is 3.80. The van der Waals surface area contributed by atoms with E-state index in [1.807, 2.05) is 18.2 Å². The molecule has 6 nitrogen and oxygen atoms in total. The third kappa shape index (κ3) is 2.63. The summed E-state index contributed by atoms with van der Waals surface area (Å²) in [5.74, 6) is 1.07. The van der Waals surface area contributed by atoms with E-state index in [2.05, 4.69) is 9.98 Å². The van der Waals surface area contributed by atoms with E-state index < -0.39 is 0 Å². The molecule has 0 saturated heterocycles. The number of aliphatic imine (C=N–C) groups is 1. The van der Waals surface area contributed by atoms with E-state index in [0.717, 1.165) is 16.8 Å². The predicted octanol–water partition coefficient (Wildman–Crippen LogP) is 1.91. The number of nitrogens with zero attached hydrogens (tertiary/aromatic N) is 3. The van der Waals surface area contributed by atoms with Crippen molar-refractivity contribution in [1.29, 1.82) is 0 Å². The van der Waals surface area contributed by atoms with Crippen molar-refractivity contribution in [2.75, 3.05) is 32.7 Å². The number of pyridine rings is 1. The van der Waals surface area contributed by atoms with Crippen LogP contribution in [0.3, 0.4) is 0 Å². The molecule has 118 valence electrons. The van der Waals surface area contributed by atoms with Gasteiger partial charge >= 0.3 is 0 Å². The number of hydrogen-bond acceptors (Lipinski definition) is 5. The molecule has 2 aromatic rings. The average molecular weight is 311 g/mol. The van der Waals surface area contributed by atoms with Crippen LogP contribution in [0.1, 0.15) is 11.1 Å². The lowest BCUT2D eigenvalue weighted by Crippen LogP contribution is -2.27. The maximum atomic E-state index is 12.2. The molecule has 0 spiro atoms. The van der Waals surface area contributed by atoms with Gasteiger partial charge in [0.2, 0.25) is 5.91 Å². The lowest BCUT2D eigenvalue weighted by atomic mass is 10.0. The molecular weight excluding hydrogens is 294 g/mol. The largest absolute Gasteiger partial charge is 0.493 e. The van der Waals surface area contributed by atoms with Crippen molar-refractivity contribution in [1.82, 2.24) is 4.98 Å². The summed E-state index contributed by atoms with van der Waals surface area (Å²) < 4.78 is 10.7. The highest BCUT2D eigenvalue weighted by Crippen LogP contribution is 2.37. The molecule has 1 aliphatic rings. The first-order valence-corrected chi connectivity index (χ1v) is 7.13. The Morgan fingerprint density at radius 1 is 1.17 bits per heavy atom. The van der Waals surface area contributed by atoms with Crippen LogP contribution in [0.2, 0.25) is 0 Å². The Kier molecular flexibility index (Phi) is 3.97. The van der Waals surface area contributed by atoms with E-state index in [-0.39, 0.29) is 12.5 Å². The van der Waals surface area contributed by atoms with E-state index in [9.17, 15) is 4.79 Å². The van der Waals surface area contributed by atoms with Gasteiger partial charge in [-0.15, -0.1) is 0 Å². The number of hydrogen-bond donors (Lipinski definition) is 0. The minimum atomic E-state index is -0.0858. The normalized spacial score (nSPS) is 14.0. The number of benzene rings is 1. The lowest BCUT2D eigenvalue weighted by molar-refractivity contribution is -0.116. The number of rotatable bonds is 3. The fourth-order valence-corrected chi connectivity index (χ4v) is 2.56. The van der Waals surface area contributed by atoms with Crippen LogP contribution in [-0.4, -0.2) is 44.4 Å². The fourth-order valence-electron chi connectivity index (χ4n) is 2.56. The van der Waals surface area contributed by atoms with Crippen molar-refractivity contribution in [3.8, 4) is 11.5 Å². The van der Waals surface area contributed by atoms with Gasteiger partial charge in [0.05, 0.1) is 25.6 Å². The number of amides is 1. The second kappa shape index (κ2) is 6.08. The van der Waals surface area contributed by atoms with Crippen LogP contribution >= 0.6 is 0 Å². The molecule has 0 N–H and O–H groups in total. The lowest BCUT2D eigenvalue weighted by Gasteiger charge is -2.20. The smallest absolute Gasteiger partial charge is 0.248 e. The van der Waals surface area contributed by atoms with Crippen LogP contribution in [-0.2, 0) is 4.79 Å². The number of benzodiazepines with no additional fused rings is 1. The standard InChI is InChI=1S/C17H17N3O3/c1-20-13-8-15(23-3)14(22-2)7-12(13)17(19-10-16(20)21)11-5-4-6-18-9-11/h4-9H,10H2,1-3H3. The van der Waals surface area contributed by atoms with Crippen molar-refractivity contribution >= 4 is 17.3 Å². The van der Waals surface area contributed by atoms with Gasteiger partial charge in [-0.2, -0.15) is 0 Å². The maximum absolute atomic E-state index is 12.2. The summed E-state index contributed by atoms with van der Waals surface area (Å²) in [7, 11) is 4.88. The van der Waals surface area contributed by atoms with Crippen LogP contribution < -0.4 is 14.4 Å². The number of aromatic nitrogens is 1. The van der Waals surface area contributed by atoms with Gasteiger partial charge in [0.25, 0.3) is 0 Å². The highest BCUT2D eigenvalue weighted by Gasteiger charge is 2.25. The summed E-state index contributed by atoms with van der Waals surface area (Å²) in [4.78, 5) is 22.5. The zero-order valence-corrected chi connectivity index (χ0v) is 13.2. The summed E-state index contributed by atoms with van der Waals surface area (Å²) in [5, 5.41) is 0. The second-order valence-corrected chi connectivity index (χ2v) is 5.08. The molecule has 3 rings (SSSR count). The number of fused-ring (bicyclic) bond motifs is 1. The van der Waals surface area contributed by atoms with E-state index in [0.29, 0.717) is 17.2 Å². The fraction of sp³-hybridized carbons (Fsp3) is 0.235. The minimum absolute atomic E-state index is 0.0834. The predicted molar refractivity (Wildman–Crippen MR) is 87.7 cm³/mol. The van der Waals surface area contributed by atoms with Crippen molar-refractivity contribution in [2.45, 2.75) is 0 Å². The molecular formula is C17H17N3O3. The van der Waals surface area contributed by atoms with Crippen molar-refractivity contribution < 1.29 is 14.3 Å². The molecule has 1 aliphatic heterocycles. The zero-order chi connectivity index (χ0) is 16.4. The van der Waals surface area contributed by atoms with Crippen LogP contribution in [0.15, 0.2) is 41.7 Å². The summed E-state index contributed by atoms with van der Waals surface area (Å²) >= 11 is 0. The Labute approximate surface area is 134 Å². The Bertz CT molecular complexity index is 772. The maximum Gasteiger partial charge on any atom is 0.248 e. The van der Waals surface area contributed by atoms with E-state index in [1.54, 1.807) is 44.6 Å².